The zero-order valence-electron chi connectivity index (χ0n) is 30.3. The molecule has 5 aliphatic rings. The summed E-state index contributed by atoms with van der Waals surface area (Å²) in [5.74, 6) is 1.14. The minimum atomic E-state index is -0.118. The average molecular weight is 722 g/mol. The summed E-state index contributed by atoms with van der Waals surface area (Å²) in [6, 6.07) is 13.0. The maximum atomic E-state index is 14.4. The number of morpholine rings is 1. The summed E-state index contributed by atoms with van der Waals surface area (Å²) in [5, 5.41) is 5.89. The number of ether oxygens (including phenoxy) is 2. The lowest BCUT2D eigenvalue weighted by atomic mass is 9.81. The first-order valence-corrected chi connectivity index (χ1v) is 19.5. The lowest BCUT2D eigenvalue weighted by Gasteiger charge is -2.55. The van der Waals surface area contributed by atoms with Gasteiger partial charge in [0.2, 0.25) is 0 Å². The maximum absolute atomic E-state index is 14.4. The topological polar surface area (TPSA) is 97.1 Å². The Balaban J connectivity index is 1.18. The predicted octanol–water partition coefficient (Wildman–Crippen LogP) is 5.81. The van der Waals surface area contributed by atoms with E-state index in [0.29, 0.717) is 36.8 Å². The molecule has 4 fully saturated rings. The molecule has 6 heterocycles. The van der Waals surface area contributed by atoms with Crippen molar-refractivity contribution in [2.75, 3.05) is 53.6 Å². The van der Waals surface area contributed by atoms with Crippen LogP contribution in [0, 0.1) is 0 Å². The molecule has 2 aromatic heterocycles. The van der Waals surface area contributed by atoms with Crippen molar-refractivity contribution < 1.29 is 19.1 Å². The van der Waals surface area contributed by atoms with Crippen LogP contribution in [-0.2, 0) is 18.3 Å². The summed E-state index contributed by atoms with van der Waals surface area (Å²) in [6.07, 6.45) is 11.0. The lowest BCUT2D eigenvalue weighted by Crippen LogP contribution is -2.69. The van der Waals surface area contributed by atoms with Gasteiger partial charge in [0.1, 0.15) is 5.75 Å². The first-order valence-electron chi connectivity index (χ1n) is 18.8. The zero-order valence-corrected chi connectivity index (χ0v) is 31.1. The number of methoxy groups -OCH3 is 1. The molecule has 0 spiro atoms. The van der Waals surface area contributed by atoms with Crippen molar-refractivity contribution in [3.8, 4) is 17.0 Å². The Kier molecular flexibility index (Phi) is 8.89. The molecule has 11 nitrogen and oxygen atoms in total. The molecule has 2 amide bonds. The Morgan fingerprint density at radius 1 is 0.981 bits per heavy atom. The molecular weight excluding hydrogens is 675 g/mol. The number of likely N-dealkylation sites (tertiary alicyclic amines) is 2. The highest BCUT2D eigenvalue weighted by Crippen LogP contribution is 2.48. The number of carbonyl (C=O) groups excluding carboxylic acids is 2. The van der Waals surface area contributed by atoms with Crippen LogP contribution >= 0.6 is 12.1 Å². The SMILES string of the molecule is COc1ccc2c(c1)C=C(c1c(C(=O)N3[C@@H]4C[C@H]3CN(C)C4)cnn1C)Cn1c-2c(C2CCCCC2)c2ccc(C(=O)NSN3CCOCC3)cc21. The first kappa shape index (κ1) is 33.7. The molecule has 4 aromatic rings. The Labute approximate surface area is 309 Å². The molecule has 272 valence electrons. The first-order chi connectivity index (χ1) is 25.4. The second-order valence-electron chi connectivity index (χ2n) is 15.1. The lowest BCUT2D eigenvalue weighted by molar-refractivity contribution is -0.0397. The van der Waals surface area contributed by atoms with Crippen molar-refractivity contribution in [2.24, 2.45) is 7.05 Å². The second kappa shape index (κ2) is 13.7. The van der Waals surface area contributed by atoms with Gasteiger partial charge in [0.15, 0.2) is 0 Å². The number of likely N-dealkylation sites (N-methyl/N-ethyl adjacent to an activating group) is 1. The number of nitrogens with one attached hydrogen (secondary N) is 1. The third-order valence-electron chi connectivity index (χ3n) is 11.9. The minimum Gasteiger partial charge on any atom is -0.497 e. The monoisotopic (exact) mass is 721 g/mol. The van der Waals surface area contributed by atoms with Crippen LogP contribution in [-0.4, -0.2) is 106 Å². The average Bonchev–Trinajstić information content (AvgIpc) is 3.65. The number of fused-ring (bicyclic) bond motifs is 7. The van der Waals surface area contributed by atoms with Crippen LogP contribution in [0.15, 0.2) is 42.6 Å². The van der Waals surface area contributed by atoms with Gasteiger partial charge in [-0.3, -0.25) is 19.0 Å². The van der Waals surface area contributed by atoms with E-state index in [2.05, 4.69) is 60.8 Å². The predicted molar refractivity (Wildman–Crippen MR) is 204 cm³/mol. The van der Waals surface area contributed by atoms with Crippen LogP contribution in [0.2, 0.25) is 0 Å². The largest absolute Gasteiger partial charge is 0.497 e. The normalized spacial score (nSPS) is 22.3. The van der Waals surface area contributed by atoms with Gasteiger partial charge in [0.05, 0.1) is 50.0 Å². The summed E-state index contributed by atoms with van der Waals surface area (Å²) in [6.45, 7) is 5.20. The van der Waals surface area contributed by atoms with E-state index in [-0.39, 0.29) is 23.9 Å². The van der Waals surface area contributed by atoms with Gasteiger partial charge in [-0.2, -0.15) is 5.10 Å². The Morgan fingerprint density at radius 3 is 2.54 bits per heavy atom. The summed E-state index contributed by atoms with van der Waals surface area (Å²) in [4.78, 5) is 32.5. The Hall–Kier alpha value is -4.10. The number of piperazine rings is 1. The van der Waals surface area contributed by atoms with Gasteiger partial charge >= 0.3 is 0 Å². The number of hydrogen-bond acceptors (Lipinski definition) is 8. The molecule has 2 bridgehead atoms. The second-order valence-corrected chi connectivity index (χ2v) is 16.0. The molecule has 0 unspecified atom stereocenters. The number of allylic oxidation sites excluding steroid dienone is 1. The summed E-state index contributed by atoms with van der Waals surface area (Å²) in [5.41, 5.74) is 8.89. The highest BCUT2D eigenvalue weighted by Gasteiger charge is 2.47. The molecule has 1 aliphatic carbocycles. The third-order valence-corrected chi connectivity index (χ3v) is 12.8. The van der Waals surface area contributed by atoms with E-state index in [4.69, 9.17) is 14.6 Å². The van der Waals surface area contributed by atoms with Crippen molar-refractivity contribution in [1.82, 2.24) is 33.2 Å². The van der Waals surface area contributed by atoms with E-state index in [1.165, 1.54) is 48.0 Å². The van der Waals surface area contributed by atoms with Crippen molar-refractivity contribution in [3.05, 3.63) is 70.5 Å². The highest BCUT2D eigenvalue weighted by molar-refractivity contribution is 7.95. The molecule has 1 N–H and O–H groups in total. The summed E-state index contributed by atoms with van der Waals surface area (Å²) < 4.78 is 20.7. The molecule has 0 radical (unpaired) electrons. The molecule has 12 heteroatoms. The van der Waals surface area contributed by atoms with Crippen LogP contribution in [0.1, 0.15) is 82.0 Å². The number of carbonyl (C=O) groups is 2. The van der Waals surface area contributed by atoms with E-state index in [0.717, 1.165) is 79.1 Å². The fraction of sp³-hybridized carbons (Fsp3) is 0.475. The Bertz CT molecular complexity index is 2060. The zero-order chi connectivity index (χ0) is 35.5. The van der Waals surface area contributed by atoms with Crippen LogP contribution in [0.5, 0.6) is 5.75 Å². The fourth-order valence-corrected chi connectivity index (χ4v) is 10.1. The van der Waals surface area contributed by atoms with Crippen molar-refractivity contribution in [2.45, 2.75) is 63.1 Å². The number of nitrogens with zero attached hydrogens (tertiary/aromatic N) is 6. The molecule has 4 aliphatic heterocycles. The summed E-state index contributed by atoms with van der Waals surface area (Å²) >= 11 is 1.36. The van der Waals surface area contributed by atoms with Gasteiger partial charge in [-0.25, -0.2) is 4.31 Å². The van der Waals surface area contributed by atoms with Crippen molar-refractivity contribution in [1.29, 1.82) is 0 Å². The van der Waals surface area contributed by atoms with Crippen LogP contribution in [0.3, 0.4) is 0 Å². The van der Waals surface area contributed by atoms with Crippen LogP contribution in [0.25, 0.3) is 33.8 Å². The van der Waals surface area contributed by atoms with Gasteiger partial charge in [-0.15, -0.1) is 0 Å². The summed E-state index contributed by atoms with van der Waals surface area (Å²) in [7, 11) is 5.78. The molecule has 52 heavy (non-hydrogen) atoms. The number of piperidine rings is 1. The molecule has 1 saturated carbocycles. The van der Waals surface area contributed by atoms with E-state index in [9.17, 15) is 9.59 Å². The molecule has 2 atom stereocenters. The van der Waals surface area contributed by atoms with Crippen molar-refractivity contribution >= 4 is 46.5 Å². The fourth-order valence-electron chi connectivity index (χ4n) is 9.40. The van der Waals surface area contributed by atoms with Crippen LogP contribution < -0.4 is 9.46 Å². The van der Waals surface area contributed by atoms with Gasteiger partial charge in [0.25, 0.3) is 11.8 Å². The van der Waals surface area contributed by atoms with E-state index in [1.807, 2.05) is 23.9 Å². The molecule has 2 aromatic carbocycles. The molecule has 9 rings (SSSR count). The maximum Gasteiger partial charge on any atom is 0.262 e. The number of amides is 2. The standard InChI is InChI=1S/C40H47N7O4S/c1-43-23-29-20-30(24-43)47(29)40(49)34-21-41-44(2)37(34)28-17-27-18-31(50-3)10-12-32(27)38-36(25-7-5-4-6-8-25)33-11-9-26(19-35(33)46(38)22-28)39(48)42-52-45-13-15-51-16-14-45/h9-12,17-19,21,25,29-30H,4-8,13-16,20,22-24H2,1-3H3,(H,42,48)/t29-,30+. The van der Waals surface area contributed by atoms with Crippen LogP contribution in [0.4, 0.5) is 0 Å². The smallest absolute Gasteiger partial charge is 0.262 e. The van der Waals surface area contributed by atoms with Gasteiger partial charge < -0.3 is 23.8 Å². The number of aryl methyl sites for hydroxylation is 1. The molecular formula is C40H47N7O4S. The van der Waals surface area contributed by atoms with E-state index in [1.54, 1.807) is 13.3 Å². The number of aromatic nitrogens is 3. The molecule has 3 saturated heterocycles. The minimum absolute atomic E-state index is 0.0608. The Morgan fingerprint density at radius 2 is 1.77 bits per heavy atom. The van der Waals surface area contributed by atoms with Gasteiger partial charge in [-0.05, 0) is 85.3 Å². The number of rotatable bonds is 7. The number of hydrogen-bond donors (Lipinski definition) is 1. The van der Waals surface area contributed by atoms with E-state index >= 15 is 0 Å². The number of benzene rings is 2. The third kappa shape index (κ3) is 5.84. The van der Waals surface area contributed by atoms with Gasteiger partial charge in [0, 0.05) is 79.5 Å². The quantitative estimate of drug-likeness (QED) is 0.239. The highest BCUT2D eigenvalue weighted by atomic mass is 32.2. The van der Waals surface area contributed by atoms with Crippen molar-refractivity contribution in [3.63, 3.8) is 0 Å². The van der Waals surface area contributed by atoms with E-state index < -0.39 is 0 Å². The van der Waals surface area contributed by atoms with Gasteiger partial charge in [-0.1, -0.05) is 25.3 Å².